The number of fused-ring (bicyclic) bond motifs is 3. The molecule has 1 aromatic heterocycles. The Bertz CT molecular complexity index is 688. The number of nitrogens with zero attached hydrogens (tertiary/aromatic N) is 2. The maximum absolute atomic E-state index is 14.5. The number of hydrogen-bond donors (Lipinski definition) is 1. The predicted octanol–water partition coefficient (Wildman–Crippen LogP) is 2.82. The molecule has 1 N–H and O–H groups in total. The van der Waals surface area contributed by atoms with Crippen molar-refractivity contribution in [3.8, 4) is 0 Å². The summed E-state index contributed by atoms with van der Waals surface area (Å²) in [5.41, 5.74) is 0.0261. The third-order valence-electron chi connectivity index (χ3n) is 5.32. The van der Waals surface area contributed by atoms with Gasteiger partial charge in [-0.3, -0.25) is 4.98 Å². The zero-order valence-corrected chi connectivity index (χ0v) is 12.1. The molecule has 2 saturated heterocycles. The molecule has 3 nitrogen and oxygen atoms in total. The molecule has 0 spiro atoms. The summed E-state index contributed by atoms with van der Waals surface area (Å²) in [6, 6.07) is 7.70. The average molecular weight is 286 g/mol. The van der Waals surface area contributed by atoms with Crippen LogP contribution in [0.3, 0.4) is 0 Å². The Morgan fingerprint density at radius 1 is 1.29 bits per heavy atom. The number of pyridine rings is 1. The summed E-state index contributed by atoms with van der Waals surface area (Å²) in [5.74, 6) is -0.340. The van der Waals surface area contributed by atoms with E-state index in [4.69, 9.17) is 0 Å². The van der Waals surface area contributed by atoms with Crippen LogP contribution in [-0.2, 0) is 5.60 Å². The molecule has 2 aliphatic rings. The summed E-state index contributed by atoms with van der Waals surface area (Å²) in [4.78, 5) is 6.52. The van der Waals surface area contributed by atoms with Crippen molar-refractivity contribution in [2.75, 3.05) is 7.05 Å². The SMILES string of the molecule is CN1C2CCC1CC(O)(c1cc3cccnc3cc1F)C2. The zero-order chi connectivity index (χ0) is 14.6. The van der Waals surface area contributed by atoms with Crippen molar-refractivity contribution in [3.63, 3.8) is 0 Å². The highest BCUT2D eigenvalue weighted by molar-refractivity contribution is 5.79. The zero-order valence-electron chi connectivity index (χ0n) is 12.1. The van der Waals surface area contributed by atoms with E-state index >= 15 is 0 Å². The summed E-state index contributed by atoms with van der Waals surface area (Å²) >= 11 is 0. The summed E-state index contributed by atoms with van der Waals surface area (Å²) in [6.45, 7) is 0. The Kier molecular flexibility index (Phi) is 2.81. The van der Waals surface area contributed by atoms with Crippen LogP contribution in [0.25, 0.3) is 10.9 Å². The van der Waals surface area contributed by atoms with Gasteiger partial charge in [0, 0.05) is 35.3 Å². The number of aromatic nitrogens is 1. The van der Waals surface area contributed by atoms with Crippen LogP contribution in [-0.4, -0.2) is 34.1 Å². The van der Waals surface area contributed by atoms with Crippen LogP contribution in [0.1, 0.15) is 31.2 Å². The third-order valence-corrected chi connectivity index (χ3v) is 5.32. The molecular formula is C17H19FN2O. The van der Waals surface area contributed by atoms with Gasteiger partial charge in [0.05, 0.1) is 11.1 Å². The second-order valence-electron chi connectivity index (χ2n) is 6.52. The molecule has 0 amide bonds. The first kappa shape index (κ1) is 13.2. The lowest BCUT2D eigenvalue weighted by Gasteiger charge is -2.42. The van der Waals surface area contributed by atoms with Crippen LogP contribution < -0.4 is 0 Å². The van der Waals surface area contributed by atoms with E-state index in [-0.39, 0.29) is 5.82 Å². The van der Waals surface area contributed by atoms with E-state index in [0.717, 1.165) is 18.2 Å². The smallest absolute Gasteiger partial charge is 0.131 e. The third kappa shape index (κ3) is 1.97. The highest BCUT2D eigenvalue weighted by atomic mass is 19.1. The maximum atomic E-state index is 14.5. The van der Waals surface area contributed by atoms with Crippen LogP contribution in [0.2, 0.25) is 0 Å². The summed E-state index contributed by atoms with van der Waals surface area (Å²) in [6.07, 6.45) is 5.08. The van der Waals surface area contributed by atoms with Crippen molar-refractivity contribution in [2.45, 2.75) is 43.4 Å². The maximum Gasteiger partial charge on any atom is 0.131 e. The van der Waals surface area contributed by atoms with Crippen LogP contribution in [0.5, 0.6) is 0 Å². The van der Waals surface area contributed by atoms with Gasteiger partial charge < -0.3 is 10.0 Å². The molecule has 110 valence electrons. The first-order chi connectivity index (χ1) is 10.1. The minimum absolute atomic E-state index is 0.340. The Morgan fingerprint density at radius 2 is 2.00 bits per heavy atom. The fourth-order valence-electron chi connectivity index (χ4n) is 4.12. The van der Waals surface area contributed by atoms with Gasteiger partial charge in [-0.1, -0.05) is 6.07 Å². The van der Waals surface area contributed by atoms with Gasteiger partial charge in [0.15, 0.2) is 0 Å². The van der Waals surface area contributed by atoms with E-state index in [0.29, 0.717) is 36.0 Å². The highest BCUT2D eigenvalue weighted by Crippen LogP contribution is 2.45. The number of aliphatic hydroxyl groups is 1. The first-order valence-corrected chi connectivity index (χ1v) is 7.56. The molecule has 2 aromatic rings. The van der Waals surface area contributed by atoms with E-state index < -0.39 is 5.60 Å². The molecule has 4 rings (SSSR count). The minimum atomic E-state index is -1.05. The lowest BCUT2D eigenvalue weighted by atomic mass is 9.80. The summed E-state index contributed by atoms with van der Waals surface area (Å²) in [5, 5.41) is 12.0. The topological polar surface area (TPSA) is 36.4 Å². The highest BCUT2D eigenvalue weighted by Gasteiger charge is 2.47. The molecule has 0 saturated carbocycles. The first-order valence-electron chi connectivity index (χ1n) is 7.56. The standard InChI is InChI=1S/C17H19FN2O/c1-20-12-4-5-13(20)10-17(21,9-12)14-7-11-3-2-6-19-16(11)8-15(14)18/h2-3,6-8,12-13,21H,4-5,9-10H2,1H3. The average Bonchev–Trinajstić information content (AvgIpc) is 2.70. The van der Waals surface area contributed by atoms with Crippen LogP contribution in [0, 0.1) is 5.82 Å². The fourth-order valence-corrected chi connectivity index (χ4v) is 4.12. The second-order valence-corrected chi connectivity index (χ2v) is 6.52. The van der Waals surface area contributed by atoms with Crippen LogP contribution in [0.15, 0.2) is 30.5 Å². The molecule has 0 aliphatic carbocycles. The Morgan fingerprint density at radius 3 is 2.71 bits per heavy atom. The minimum Gasteiger partial charge on any atom is -0.385 e. The van der Waals surface area contributed by atoms with Crippen molar-refractivity contribution in [1.29, 1.82) is 0 Å². The monoisotopic (exact) mass is 286 g/mol. The molecule has 2 bridgehead atoms. The molecule has 1 aromatic carbocycles. The predicted molar refractivity (Wildman–Crippen MR) is 79.4 cm³/mol. The van der Waals surface area contributed by atoms with Crippen LogP contribution >= 0.6 is 0 Å². The lowest BCUT2D eigenvalue weighted by molar-refractivity contribution is -0.0514. The van der Waals surface area contributed by atoms with Gasteiger partial charge >= 0.3 is 0 Å². The van der Waals surface area contributed by atoms with E-state index in [1.165, 1.54) is 6.07 Å². The summed E-state index contributed by atoms with van der Waals surface area (Å²) < 4.78 is 14.5. The van der Waals surface area contributed by atoms with Gasteiger partial charge in [-0.2, -0.15) is 0 Å². The normalized spacial score (nSPS) is 32.7. The molecule has 2 atom stereocenters. The molecule has 2 unspecified atom stereocenters. The number of rotatable bonds is 1. The van der Waals surface area contributed by atoms with E-state index in [9.17, 15) is 9.50 Å². The van der Waals surface area contributed by atoms with Crippen molar-refractivity contribution >= 4 is 10.9 Å². The lowest BCUT2D eigenvalue weighted by Crippen LogP contribution is -2.48. The van der Waals surface area contributed by atoms with E-state index in [1.807, 2.05) is 12.1 Å². The van der Waals surface area contributed by atoms with E-state index in [2.05, 4.69) is 16.9 Å². The van der Waals surface area contributed by atoms with E-state index in [1.54, 1.807) is 12.3 Å². The quantitative estimate of drug-likeness (QED) is 0.875. The molecule has 21 heavy (non-hydrogen) atoms. The summed E-state index contributed by atoms with van der Waals surface area (Å²) in [7, 11) is 2.11. The van der Waals surface area contributed by atoms with Crippen molar-refractivity contribution in [1.82, 2.24) is 9.88 Å². The number of halogens is 1. The molecule has 2 fully saturated rings. The van der Waals surface area contributed by atoms with Gasteiger partial charge in [0.2, 0.25) is 0 Å². The number of benzene rings is 1. The fraction of sp³-hybridized carbons (Fsp3) is 0.471. The number of piperidine rings is 1. The van der Waals surface area contributed by atoms with Crippen molar-refractivity contribution in [3.05, 3.63) is 41.8 Å². The second kappa shape index (κ2) is 4.49. The van der Waals surface area contributed by atoms with Gasteiger partial charge in [0.25, 0.3) is 0 Å². The molecule has 3 heterocycles. The van der Waals surface area contributed by atoms with Gasteiger partial charge in [0.1, 0.15) is 5.82 Å². The largest absolute Gasteiger partial charge is 0.385 e. The Labute approximate surface area is 123 Å². The number of hydrogen-bond acceptors (Lipinski definition) is 3. The van der Waals surface area contributed by atoms with Crippen molar-refractivity contribution in [2.24, 2.45) is 0 Å². The Hall–Kier alpha value is -1.52. The molecule has 2 aliphatic heterocycles. The van der Waals surface area contributed by atoms with Gasteiger partial charge in [-0.15, -0.1) is 0 Å². The molecule has 0 radical (unpaired) electrons. The Balaban J connectivity index is 1.80. The van der Waals surface area contributed by atoms with Gasteiger partial charge in [-0.25, -0.2) is 4.39 Å². The molecule has 4 heteroatoms. The molecular weight excluding hydrogens is 267 g/mol. The van der Waals surface area contributed by atoms with Gasteiger partial charge in [-0.05, 0) is 44.9 Å². The van der Waals surface area contributed by atoms with Crippen molar-refractivity contribution < 1.29 is 9.50 Å². The van der Waals surface area contributed by atoms with Crippen LogP contribution in [0.4, 0.5) is 4.39 Å².